The average Bonchev–Trinajstić information content (AvgIpc) is 3.19. The van der Waals surface area contributed by atoms with Crippen LogP contribution < -0.4 is 10.2 Å². The van der Waals surface area contributed by atoms with Crippen molar-refractivity contribution in [3.63, 3.8) is 0 Å². The fourth-order valence-electron chi connectivity index (χ4n) is 2.85. The Balaban J connectivity index is 1.61. The summed E-state index contributed by atoms with van der Waals surface area (Å²) < 4.78 is 0. The minimum atomic E-state index is -0.0827. The molecule has 0 bridgehead atoms. The molecule has 6 heteroatoms. The molecule has 132 valence electrons. The smallest absolute Gasteiger partial charge is 0.263 e. The van der Waals surface area contributed by atoms with E-state index in [1.54, 1.807) is 0 Å². The number of hydrogen-bond donors (Lipinski definition) is 1. The van der Waals surface area contributed by atoms with Gasteiger partial charge in [-0.05, 0) is 31.0 Å². The minimum absolute atomic E-state index is 0.0827. The zero-order valence-electron chi connectivity index (χ0n) is 14.8. The summed E-state index contributed by atoms with van der Waals surface area (Å²) in [5.41, 5.74) is 2.72. The lowest BCUT2D eigenvalue weighted by Crippen LogP contribution is -2.24. The Morgan fingerprint density at radius 3 is 2.60 bits per heavy atom. The molecule has 3 rings (SSSR count). The Bertz CT molecular complexity index is 780. The predicted molar refractivity (Wildman–Crippen MR) is 100 cm³/mol. The zero-order valence-corrected chi connectivity index (χ0v) is 15.7. The Hall–Kier alpha value is -2.21. The van der Waals surface area contributed by atoms with Crippen molar-refractivity contribution in [2.75, 3.05) is 11.4 Å². The quantitative estimate of drug-likeness (QED) is 0.889. The van der Waals surface area contributed by atoms with E-state index < -0.39 is 0 Å². The van der Waals surface area contributed by atoms with Gasteiger partial charge in [0.15, 0.2) is 0 Å². The maximum Gasteiger partial charge on any atom is 0.263 e. The Labute approximate surface area is 152 Å². The second-order valence-electron chi connectivity index (χ2n) is 6.62. The first-order chi connectivity index (χ1) is 12.0. The van der Waals surface area contributed by atoms with Gasteiger partial charge in [0.05, 0.1) is 10.7 Å². The molecular weight excluding hydrogens is 334 g/mol. The van der Waals surface area contributed by atoms with Crippen LogP contribution in [0.3, 0.4) is 0 Å². The lowest BCUT2D eigenvalue weighted by Gasteiger charge is -2.16. The summed E-state index contributed by atoms with van der Waals surface area (Å²) in [4.78, 5) is 31.1. The van der Waals surface area contributed by atoms with Gasteiger partial charge in [-0.1, -0.05) is 26.0 Å². The predicted octanol–water partition coefficient (Wildman–Crippen LogP) is 3.63. The number of rotatable bonds is 5. The third-order valence-corrected chi connectivity index (χ3v) is 5.74. The number of thiazole rings is 1. The molecule has 0 atom stereocenters. The molecule has 1 saturated heterocycles. The summed E-state index contributed by atoms with van der Waals surface area (Å²) in [6.07, 6.45) is 1.55. The van der Waals surface area contributed by atoms with Crippen molar-refractivity contribution in [3.05, 3.63) is 45.4 Å². The molecule has 1 fully saturated rings. The van der Waals surface area contributed by atoms with Crippen LogP contribution in [0.5, 0.6) is 0 Å². The van der Waals surface area contributed by atoms with Gasteiger partial charge in [0.25, 0.3) is 5.91 Å². The number of benzene rings is 1. The van der Waals surface area contributed by atoms with Crippen molar-refractivity contribution in [1.29, 1.82) is 0 Å². The molecule has 25 heavy (non-hydrogen) atoms. The highest BCUT2D eigenvalue weighted by Gasteiger charge is 2.21. The molecule has 2 amide bonds. The molecular formula is C19H23N3O2S. The molecule has 5 nitrogen and oxygen atoms in total. The second-order valence-corrected chi connectivity index (χ2v) is 7.65. The summed E-state index contributed by atoms with van der Waals surface area (Å²) in [6, 6.07) is 7.81. The monoisotopic (exact) mass is 357 g/mol. The number of hydrogen-bond acceptors (Lipinski definition) is 4. The second kappa shape index (κ2) is 7.35. The number of carbonyl (C=O) groups is 2. The van der Waals surface area contributed by atoms with Crippen LogP contribution in [0.2, 0.25) is 0 Å². The molecule has 1 N–H and O–H groups in total. The summed E-state index contributed by atoms with van der Waals surface area (Å²) in [5.74, 6) is 0.425. The SMILES string of the molecule is Cc1nc(C(C)C)sc1C(=O)NCc1ccc(N2CCCC2=O)cc1. The van der Waals surface area contributed by atoms with Crippen molar-refractivity contribution >= 4 is 28.8 Å². The largest absolute Gasteiger partial charge is 0.347 e. The number of aromatic nitrogens is 1. The van der Waals surface area contributed by atoms with E-state index in [4.69, 9.17) is 0 Å². The van der Waals surface area contributed by atoms with E-state index >= 15 is 0 Å². The van der Waals surface area contributed by atoms with Crippen molar-refractivity contribution in [3.8, 4) is 0 Å². The van der Waals surface area contributed by atoms with Gasteiger partial charge in [0, 0.05) is 31.1 Å². The Kier molecular flexibility index (Phi) is 5.18. The standard InChI is InChI=1S/C19H23N3O2S/c1-12(2)19-21-13(3)17(25-19)18(24)20-11-14-6-8-15(9-7-14)22-10-4-5-16(22)23/h6-9,12H,4-5,10-11H2,1-3H3,(H,20,24). The highest BCUT2D eigenvalue weighted by molar-refractivity contribution is 7.13. The third-order valence-electron chi connectivity index (χ3n) is 4.29. The third kappa shape index (κ3) is 3.90. The Morgan fingerprint density at radius 2 is 2.04 bits per heavy atom. The van der Waals surface area contributed by atoms with Gasteiger partial charge in [0.1, 0.15) is 4.88 Å². The number of amides is 2. The van der Waals surface area contributed by atoms with Crippen molar-refractivity contribution in [2.45, 2.75) is 46.1 Å². The Morgan fingerprint density at radius 1 is 1.32 bits per heavy atom. The van der Waals surface area contributed by atoms with Crippen molar-refractivity contribution < 1.29 is 9.59 Å². The van der Waals surface area contributed by atoms with E-state index in [0.29, 0.717) is 23.8 Å². The van der Waals surface area contributed by atoms with Crippen LogP contribution in [0.4, 0.5) is 5.69 Å². The van der Waals surface area contributed by atoms with E-state index in [-0.39, 0.29) is 11.8 Å². The average molecular weight is 357 g/mol. The minimum Gasteiger partial charge on any atom is -0.347 e. The number of carbonyl (C=O) groups excluding carboxylic acids is 2. The van der Waals surface area contributed by atoms with Gasteiger partial charge < -0.3 is 10.2 Å². The molecule has 1 aliphatic rings. The molecule has 0 radical (unpaired) electrons. The van der Waals surface area contributed by atoms with Crippen LogP contribution in [0, 0.1) is 6.92 Å². The summed E-state index contributed by atoms with van der Waals surface area (Å²) in [7, 11) is 0. The first-order valence-electron chi connectivity index (χ1n) is 8.60. The van der Waals surface area contributed by atoms with Crippen LogP contribution in [0.15, 0.2) is 24.3 Å². The van der Waals surface area contributed by atoms with E-state index in [1.165, 1.54) is 11.3 Å². The molecule has 1 aromatic heterocycles. The molecule has 0 aliphatic carbocycles. The topological polar surface area (TPSA) is 62.3 Å². The van der Waals surface area contributed by atoms with Crippen LogP contribution >= 0.6 is 11.3 Å². The number of aryl methyl sites for hydroxylation is 1. The van der Waals surface area contributed by atoms with Crippen LogP contribution in [-0.4, -0.2) is 23.3 Å². The molecule has 1 aliphatic heterocycles. The molecule has 0 saturated carbocycles. The molecule has 0 unspecified atom stereocenters. The normalized spacial score (nSPS) is 14.4. The molecule has 1 aromatic carbocycles. The lowest BCUT2D eigenvalue weighted by molar-refractivity contribution is -0.117. The van der Waals surface area contributed by atoms with Crippen LogP contribution in [0.25, 0.3) is 0 Å². The maximum absolute atomic E-state index is 12.4. The molecule has 0 spiro atoms. The van der Waals surface area contributed by atoms with Gasteiger partial charge in [-0.3, -0.25) is 9.59 Å². The van der Waals surface area contributed by atoms with Gasteiger partial charge >= 0.3 is 0 Å². The first-order valence-corrected chi connectivity index (χ1v) is 9.42. The van der Waals surface area contributed by atoms with E-state index in [0.717, 1.165) is 34.9 Å². The van der Waals surface area contributed by atoms with E-state index in [1.807, 2.05) is 36.1 Å². The highest BCUT2D eigenvalue weighted by atomic mass is 32.1. The molecule has 2 aromatic rings. The fraction of sp³-hybridized carbons (Fsp3) is 0.421. The number of nitrogens with zero attached hydrogens (tertiary/aromatic N) is 2. The van der Waals surface area contributed by atoms with Gasteiger partial charge in [-0.2, -0.15) is 0 Å². The fourth-order valence-corrected chi connectivity index (χ4v) is 3.84. The van der Waals surface area contributed by atoms with Crippen LogP contribution in [-0.2, 0) is 11.3 Å². The first kappa shape index (κ1) is 17.6. The van der Waals surface area contributed by atoms with E-state index in [9.17, 15) is 9.59 Å². The highest BCUT2D eigenvalue weighted by Crippen LogP contribution is 2.25. The van der Waals surface area contributed by atoms with Crippen molar-refractivity contribution in [2.24, 2.45) is 0 Å². The summed E-state index contributed by atoms with van der Waals surface area (Å²) in [6.45, 7) is 7.28. The summed E-state index contributed by atoms with van der Waals surface area (Å²) >= 11 is 1.46. The number of anilines is 1. The van der Waals surface area contributed by atoms with Gasteiger partial charge in [-0.15, -0.1) is 11.3 Å². The van der Waals surface area contributed by atoms with Gasteiger partial charge in [0.2, 0.25) is 5.91 Å². The zero-order chi connectivity index (χ0) is 18.0. The maximum atomic E-state index is 12.4. The molecule has 2 heterocycles. The van der Waals surface area contributed by atoms with E-state index in [2.05, 4.69) is 24.1 Å². The number of nitrogens with one attached hydrogen (secondary N) is 1. The summed E-state index contributed by atoms with van der Waals surface area (Å²) in [5, 5.41) is 3.95. The van der Waals surface area contributed by atoms with Crippen molar-refractivity contribution in [1.82, 2.24) is 10.3 Å². The van der Waals surface area contributed by atoms with Gasteiger partial charge in [-0.25, -0.2) is 4.98 Å². The van der Waals surface area contributed by atoms with Crippen LogP contribution in [0.1, 0.15) is 58.5 Å². The lowest BCUT2D eigenvalue weighted by atomic mass is 10.2.